The molecule has 1 aliphatic carbocycles. The van der Waals surface area contributed by atoms with E-state index in [1.807, 2.05) is 6.07 Å². The summed E-state index contributed by atoms with van der Waals surface area (Å²) in [6.45, 7) is 10.5. The second-order valence-corrected chi connectivity index (χ2v) is 18.3. The van der Waals surface area contributed by atoms with Gasteiger partial charge in [-0.3, -0.25) is 0 Å². The summed E-state index contributed by atoms with van der Waals surface area (Å²) in [5.74, 6) is 2.56. The average molecular weight is 644 g/mol. The number of para-hydroxylation sites is 1. The highest BCUT2D eigenvalue weighted by molar-refractivity contribution is 6.99. The summed E-state index contributed by atoms with van der Waals surface area (Å²) in [5, 5.41) is 15.5. The van der Waals surface area contributed by atoms with Gasteiger partial charge in [0.1, 0.15) is 17.1 Å². The molecule has 4 aromatic carbocycles. The van der Waals surface area contributed by atoms with E-state index in [-0.39, 0.29) is 5.04 Å². The summed E-state index contributed by atoms with van der Waals surface area (Å²) < 4.78 is 22.6. The van der Waals surface area contributed by atoms with Gasteiger partial charge >= 0.3 is 0 Å². The molecule has 1 aliphatic rings. The topological polar surface area (TPSA) is 56.8 Å². The number of phenolic OH excluding ortho intramolecular Hbond substituents is 1. The predicted octanol–water partition coefficient (Wildman–Crippen LogP) is 8.86. The van der Waals surface area contributed by atoms with Crippen molar-refractivity contribution >= 4 is 40.6 Å². The van der Waals surface area contributed by atoms with Crippen molar-refractivity contribution in [3.8, 4) is 23.0 Å². The lowest BCUT2D eigenvalue weighted by Gasteiger charge is -2.43. The number of fused-ring (bicyclic) bond motifs is 2. The number of phenols is 1. The molecule has 1 fully saturated rings. The van der Waals surface area contributed by atoms with Gasteiger partial charge in [0.05, 0.1) is 23.7 Å². The molecular weight excluding hydrogens is 599 g/mol. The van der Waals surface area contributed by atoms with Crippen LogP contribution in [0.5, 0.6) is 11.5 Å². The number of aromatic nitrogens is 1. The van der Waals surface area contributed by atoms with E-state index in [1.54, 1.807) is 13.2 Å². The molecule has 0 bridgehead atoms. The number of furan rings is 1. The fourth-order valence-electron chi connectivity index (χ4n) is 7.43. The first-order chi connectivity index (χ1) is 22.7. The molecule has 0 atom stereocenters. The Balaban J connectivity index is 1.39. The second kappa shape index (κ2) is 12.4. The first-order valence-corrected chi connectivity index (χ1v) is 18.8. The van der Waals surface area contributed by atoms with Crippen LogP contribution in [-0.4, -0.2) is 31.7 Å². The van der Waals surface area contributed by atoms with Gasteiger partial charge in [-0.15, -0.1) is 0 Å². The molecule has 1 saturated carbocycles. The number of aryl methyl sites for hydroxylation is 1. The Morgan fingerprint density at radius 3 is 2.17 bits per heavy atom. The van der Waals surface area contributed by atoms with Crippen molar-refractivity contribution in [2.75, 3.05) is 13.7 Å². The molecule has 5 nitrogen and oxygen atoms in total. The standard InChI is InChI=1S/C41H45NO4Si/c1-6-28-24-36(44-5)38-33(22-23-45-47(41(2,3)4,31-15-9-7-10-16-31)32-17-11-8-12-18-32)40(46-37(38)25-28)34-26-30-14-13-19-35(43)39(30)42(34)27-29-20-21-29/h7-19,24-26,29,43H,6,20-23,27H2,1-5H3. The fraction of sp³-hybridized carbons (Fsp3) is 0.317. The SMILES string of the molecule is CCc1cc(OC)c2c(CCO[Si](c3ccccc3)(c3ccccc3)C(C)(C)C)c(-c3cc4cccc(O)c4n3CC3CC3)oc2c1. The third-order valence-corrected chi connectivity index (χ3v) is 14.9. The molecule has 1 N–H and O–H groups in total. The lowest BCUT2D eigenvalue weighted by Crippen LogP contribution is -2.66. The van der Waals surface area contributed by atoms with Gasteiger partial charge in [0.15, 0.2) is 5.76 Å². The van der Waals surface area contributed by atoms with Crippen molar-refractivity contribution in [1.29, 1.82) is 0 Å². The molecule has 2 aromatic heterocycles. The van der Waals surface area contributed by atoms with E-state index in [2.05, 4.69) is 117 Å². The maximum atomic E-state index is 11.0. The number of methoxy groups -OCH3 is 1. The van der Waals surface area contributed by atoms with Crippen LogP contribution in [0.25, 0.3) is 33.3 Å². The lowest BCUT2D eigenvalue weighted by molar-refractivity contribution is 0.302. The molecule has 7 rings (SSSR count). The van der Waals surface area contributed by atoms with Gasteiger partial charge in [-0.1, -0.05) is 100 Å². The molecule has 0 saturated heterocycles. The normalized spacial score (nSPS) is 13.9. The molecule has 242 valence electrons. The van der Waals surface area contributed by atoms with E-state index < -0.39 is 8.32 Å². The molecule has 0 unspecified atom stereocenters. The van der Waals surface area contributed by atoms with Crippen LogP contribution in [0.3, 0.4) is 0 Å². The zero-order valence-corrected chi connectivity index (χ0v) is 29.2. The molecular formula is C41H45NO4Si. The highest BCUT2D eigenvalue weighted by Crippen LogP contribution is 2.45. The van der Waals surface area contributed by atoms with Gasteiger partial charge in [-0.2, -0.15) is 0 Å². The highest BCUT2D eigenvalue weighted by atomic mass is 28.4. The van der Waals surface area contributed by atoms with E-state index in [1.165, 1.54) is 28.8 Å². The molecule has 0 radical (unpaired) electrons. The van der Waals surface area contributed by atoms with E-state index in [0.29, 0.717) is 24.7 Å². The average Bonchev–Trinajstić information content (AvgIpc) is 3.72. The van der Waals surface area contributed by atoms with Crippen LogP contribution in [0, 0.1) is 5.92 Å². The highest BCUT2D eigenvalue weighted by Gasteiger charge is 2.50. The summed E-state index contributed by atoms with van der Waals surface area (Å²) in [5.41, 5.74) is 4.93. The van der Waals surface area contributed by atoms with Crippen LogP contribution in [-0.2, 0) is 23.8 Å². The minimum Gasteiger partial charge on any atom is -0.506 e. The molecule has 0 spiro atoms. The Labute approximate surface area is 278 Å². The largest absolute Gasteiger partial charge is 0.506 e. The smallest absolute Gasteiger partial charge is 0.261 e. The van der Waals surface area contributed by atoms with Crippen molar-refractivity contribution in [1.82, 2.24) is 4.57 Å². The van der Waals surface area contributed by atoms with E-state index >= 15 is 0 Å². The number of hydrogen-bond donors (Lipinski definition) is 1. The van der Waals surface area contributed by atoms with Crippen molar-refractivity contribution in [2.24, 2.45) is 5.92 Å². The third kappa shape index (κ3) is 5.57. The zero-order valence-electron chi connectivity index (χ0n) is 28.2. The summed E-state index contributed by atoms with van der Waals surface area (Å²) in [6, 6.07) is 33.8. The number of hydrogen-bond acceptors (Lipinski definition) is 4. The second-order valence-electron chi connectivity index (χ2n) is 14.0. The van der Waals surface area contributed by atoms with Gasteiger partial charge in [0.2, 0.25) is 0 Å². The Morgan fingerprint density at radius 2 is 1.57 bits per heavy atom. The Morgan fingerprint density at radius 1 is 0.894 bits per heavy atom. The molecule has 6 heteroatoms. The van der Waals surface area contributed by atoms with Crippen LogP contribution in [0.15, 0.2) is 101 Å². The molecule has 0 aliphatic heterocycles. The Kier molecular flexibility index (Phi) is 8.27. The number of benzene rings is 4. The van der Waals surface area contributed by atoms with E-state index in [0.717, 1.165) is 57.6 Å². The first-order valence-electron chi connectivity index (χ1n) is 16.9. The van der Waals surface area contributed by atoms with Crippen LogP contribution in [0.2, 0.25) is 5.04 Å². The Hall–Kier alpha value is -4.26. The zero-order chi connectivity index (χ0) is 32.8. The van der Waals surface area contributed by atoms with Crippen molar-refractivity contribution in [3.05, 3.63) is 108 Å². The molecule has 47 heavy (non-hydrogen) atoms. The fourth-order valence-corrected chi connectivity index (χ4v) is 12.0. The monoisotopic (exact) mass is 643 g/mol. The van der Waals surface area contributed by atoms with Crippen molar-refractivity contribution in [3.63, 3.8) is 0 Å². The number of aromatic hydroxyl groups is 1. The molecule has 0 amide bonds. The van der Waals surface area contributed by atoms with Crippen LogP contribution >= 0.6 is 0 Å². The quantitative estimate of drug-likeness (QED) is 0.143. The number of nitrogens with zero attached hydrogens (tertiary/aromatic N) is 1. The summed E-state index contributed by atoms with van der Waals surface area (Å²) in [7, 11) is -1.00. The van der Waals surface area contributed by atoms with Crippen LogP contribution < -0.4 is 15.1 Å². The van der Waals surface area contributed by atoms with Gasteiger partial charge in [-0.25, -0.2) is 0 Å². The summed E-state index contributed by atoms with van der Waals surface area (Å²) >= 11 is 0. The summed E-state index contributed by atoms with van der Waals surface area (Å²) in [6.07, 6.45) is 3.94. The van der Waals surface area contributed by atoms with Crippen molar-refractivity contribution < 1.29 is 18.7 Å². The Bertz CT molecular complexity index is 1980. The van der Waals surface area contributed by atoms with E-state index in [9.17, 15) is 5.11 Å². The maximum Gasteiger partial charge on any atom is 0.261 e. The van der Waals surface area contributed by atoms with Gasteiger partial charge in [0, 0.05) is 24.1 Å². The minimum atomic E-state index is -2.74. The van der Waals surface area contributed by atoms with Crippen molar-refractivity contribution in [2.45, 2.75) is 65.0 Å². The predicted molar refractivity (Wildman–Crippen MR) is 195 cm³/mol. The van der Waals surface area contributed by atoms with Gasteiger partial charge in [-0.05, 0) is 76.8 Å². The van der Waals surface area contributed by atoms with Gasteiger partial charge in [0.25, 0.3) is 8.32 Å². The summed E-state index contributed by atoms with van der Waals surface area (Å²) in [4.78, 5) is 0. The molecule has 6 aromatic rings. The number of rotatable bonds is 11. The van der Waals surface area contributed by atoms with E-state index in [4.69, 9.17) is 13.6 Å². The van der Waals surface area contributed by atoms with Crippen LogP contribution in [0.4, 0.5) is 0 Å². The number of ether oxygens (including phenoxy) is 1. The maximum absolute atomic E-state index is 11.0. The first kappa shape index (κ1) is 31.3. The molecule has 2 heterocycles. The van der Waals surface area contributed by atoms with Crippen LogP contribution in [0.1, 0.15) is 51.7 Å². The van der Waals surface area contributed by atoms with Gasteiger partial charge < -0.3 is 23.3 Å². The lowest BCUT2D eigenvalue weighted by atomic mass is 10.0. The minimum absolute atomic E-state index is 0.126. The third-order valence-electron chi connectivity index (χ3n) is 9.90.